The fourth-order valence-corrected chi connectivity index (χ4v) is 4.24. The smallest absolute Gasteiger partial charge is 0.222 e. The van der Waals surface area contributed by atoms with Crippen LogP contribution >= 0.6 is 0 Å². The maximum atomic E-state index is 12.9. The molecule has 1 aliphatic heterocycles. The summed E-state index contributed by atoms with van der Waals surface area (Å²) in [6.45, 7) is 4.95. The molecule has 4 heteroatoms. The van der Waals surface area contributed by atoms with Crippen LogP contribution < -0.4 is 5.32 Å². The SMILES string of the molecule is CN1Cc2ccccc2C[C@H]1CC(=O)NC(C)(C)c1nccc2ccccc12. The molecule has 4 nitrogen and oxygen atoms in total. The van der Waals surface area contributed by atoms with Crippen molar-refractivity contribution in [2.24, 2.45) is 0 Å². The Hall–Kier alpha value is -2.72. The molecule has 144 valence electrons. The Balaban J connectivity index is 1.50. The van der Waals surface area contributed by atoms with E-state index < -0.39 is 5.54 Å². The molecule has 28 heavy (non-hydrogen) atoms. The first-order valence-corrected chi connectivity index (χ1v) is 9.86. The van der Waals surface area contributed by atoms with Gasteiger partial charge in [-0.25, -0.2) is 0 Å². The molecule has 1 amide bonds. The number of fused-ring (bicyclic) bond motifs is 2. The van der Waals surface area contributed by atoms with Crippen LogP contribution in [0.15, 0.2) is 60.8 Å². The van der Waals surface area contributed by atoms with Crippen molar-refractivity contribution in [1.29, 1.82) is 0 Å². The Bertz CT molecular complexity index is 1010. The third-order valence-corrected chi connectivity index (χ3v) is 5.76. The fourth-order valence-electron chi connectivity index (χ4n) is 4.24. The number of carbonyl (C=O) groups excluding carboxylic acids is 1. The van der Waals surface area contributed by atoms with Crippen LogP contribution in [0.25, 0.3) is 10.8 Å². The van der Waals surface area contributed by atoms with Crippen LogP contribution in [-0.2, 0) is 23.3 Å². The maximum Gasteiger partial charge on any atom is 0.222 e. The van der Waals surface area contributed by atoms with E-state index in [4.69, 9.17) is 0 Å². The van der Waals surface area contributed by atoms with E-state index in [1.807, 2.05) is 38.2 Å². The van der Waals surface area contributed by atoms with Crippen molar-refractivity contribution < 1.29 is 4.79 Å². The van der Waals surface area contributed by atoms with Gasteiger partial charge >= 0.3 is 0 Å². The van der Waals surface area contributed by atoms with Crippen LogP contribution in [0.4, 0.5) is 0 Å². The standard InChI is InChI=1S/C24H27N3O/c1-24(2,23-21-11-7-6-8-17(21)12-13-25-23)26-22(28)15-20-14-18-9-4-5-10-19(18)16-27(20)3/h4-13,20H,14-16H2,1-3H3,(H,26,28)/t20-/m0/s1. The van der Waals surface area contributed by atoms with E-state index in [1.165, 1.54) is 11.1 Å². The molecule has 0 radical (unpaired) electrons. The van der Waals surface area contributed by atoms with Crippen LogP contribution in [0.3, 0.4) is 0 Å². The van der Waals surface area contributed by atoms with E-state index in [9.17, 15) is 4.79 Å². The Morgan fingerprint density at radius 3 is 2.64 bits per heavy atom. The molecular weight excluding hydrogens is 346 g/mol. The van der Waals surface area contributed by atoms with Gasteiger partial charge < -0.3 is 5.32 Å². The van der Waals surface area contributed by atoms with Crippen molar-refractivity contribution >= 4 is 16.7 Å². The number of hydrogen-bond donors (Lipinski definition) is 1. The molecule has 1 N–H and O–H groups in total. The van der Waals surface area contributed by atoms with Gasteiger partial charge in [0, 0.05) is 30.6 Å². The second kappa shape index (κ2) is 7.36. The molecule has 1 aromatic heterocycles. The molecule has 0 saturated carbocycles. The second-order valence-electron chi connectivity index (χ2n) is 8.30. The molecule has 0 fully saturated rings. The van der Waals surface area contributed by atoms with Gasteiger partial charge in [0.1, 0.15) is 0 Å². The van der Waals surface area contributed by atoms with Crippen molar-refractivity contribution in [3.63, 3.8) is 0 Å². The highest BCUT2D eigenvalue weighted by Crippen LogP contribution is 2.27. The number of hydrogen-bond acceptors (Lipinski definition) is 3. The van der Waals surface area contributed by atoms with E-state index in [0.29, 0.717) is 6.42 Å². The lowest BCUT2D eigenvalue weighted by atomic mass is 9.91. The number of carbonyl (C=O) groups is 1. The zero-order valence-corrected chi connectivity index (χ0v) is 16.8. The van der Waals surface area contributed by atoms with Gasteiger partial charge in [-0.2, -0.15) is 0 Å². The molecule has 4 rings (SSSR count). The van der Waals surface area contributed by atoms with E-state index in [1.54, 1.807) is 0 Å². The molecule has 3 aromatic rings. The van der Waals surface area contributed by atoms with Crippen LogP contribution in [0.5, 0.6) is 0 Å². The van der Waals surface area contributed by atoms with E-state index in [0.717, 1.165) is 29.4 Å². The molecule has 0 unspecified atom stereocenters. The van der Waals surface area contributed by atoms with Crippen LogP contribution in [0, 0.1) is 0 Å². The van der Waals surface area contributed by atoms with Crippen molar-refractivity contribution in [2.45, 2.75) is 44.8 Å². The number of aromatic nitrogens is 1. The minimum atomic E-state index is -0.539. The lowest BCUT2D eigenvalue weighted by Gasteiger charge is -2.35. The first-order chi connectivity index (χ1) is 13.4. The Morgan fingerprint density at radius 1 is 1.11 bits per heavy atom. The molecule has 2 aromatic carbocycles. The van der Waals surface area contributed by atoms with Gasteiger partial charge in [0.25, 0.3) is 0 Å². The summed E-state index contributed by atoms with van der Waals surface area (Å²) in [5.41, 5.74) is 3.08. The first kappa shape index (κ1) is 18.6. The van der Waals surface area contributed by atoms with Gasteiger partial charge in [-0.05, 0) is 49.9 Å². The summed E-state index contributed by atoms with van der Waals surface area (Å²) in [5.74, 6) is 0.0657. The van der Waals surface area contributed by atoms with Crippen molar-refractivity contribution in [3.05, 3.63) is 77.6 Å². The zero-order chi connectivity index (χ0) is 19.7. The third kappa shape index (κ3) is 3.65. The molecule has 1 aliphatic rings. The topological polar surface area (TPSA) is 45.2 Å². The minimum Gasteiger partial charge on any atom is -0.346 e. The average molecular weight is 374 g/mol. The van der Waals surface area contributed by atoms with Crippen molar-refractivity contribution in [3.8, 4) is 0 Å². The van der Waals surface area contributed by atoms with Gasteiger partial charge in [0.2, 0.25) is 5.91 Å². The molecular formula is C24H27N3O. The number of amides is 1. The Kier molecular flexibility index (Phi) is 4.90. The number of rotatable bonds is 4. The summed E-state index contributed by atoms with van der Waals surface area (Å²) in [5, 5.41) is 5.45. The number of likely N-dealkylation sites (N-methyl/N-ethyl adjacent to an activating group) is 1. The molecule has 0 spiro atoms. The quantitative estimate of drug-likeness (QED) is 0.751. The van der Waals surface area contributed by atoms with E-state index in [-0.39, 0.29) is 11.9 Å². The van der Waals surface area contributed by atoms with Gasteiger partial charge in [-0.1, -0.05) is 48.5 Å². The van der Waals surface area contributed by atoms with Gasteiger partial charge in [0.05, 0.1) is 11.2 Å². The molecule has 2 heterocycles. The minimum absolute atomic E-state index is 0.0657. The van der Waals surface area contributed by atoms with E-state index in [2.05, 4.69) is 58.6 Å². The average Bonchev–Trinajstić information content (AvgIpc) is 2.67. The van der Waals surface area contributed by atoms with Gasteiger partial charge in [-0.3, -0.25) is 14.7 Å². The summed E-state index contributed by atoms with van der Waals surface area (Å²) in [4.78, 5) is 19.8. The van der Waals surface area contributed by atoms with Crippen LogP contribution in [0.1, 0.15) is 37.1 Å². The van der Waals surface area contributed by atoms with Gasteiger partial charge in [0.15, 0.2) is 0 Å². The molecule has 0 saturated heterocycles. The summed E-state index contributed by atoms with van der Waals surface area (Å²) in [7, 11) is 2.10. The number of benzene rings is 2. The van der Waals surface area contributed by atoms with Crippen LogP contribution in [-0.4, -0.2) is 28.9 Å². The Morgan fingerprint density at radius 2 is 1.82 bits per heavy atom. The summed E-state index contributed by atoms with van der Waals surface area (Å²) >= 11 is 0. The summed E-state index contributed by atoms with van der Waals surface area (Å²) in [6, 6.07) is 18.9. The largest absolute Gasteiger partial charge is 0.346 e. The molecule has 0 bridgehead atoms. The highest BCUT2D eigenvalue weighted by molar-refractivity contribution is 5.86. The number of nitrogens with one attached hydrogen (secondary N) is 1. The highest BCUT2D eigenvalue weighted by atomic mass is 16.1. The second-order valence-corrected chi connectivity index (χ2v) is 8.30. The molecule has 1 atom stereocenters. The highest BCUT2D eigenvalue weighted by Gasteiger charge is 2.30. The third-order valence-electron chi connectivity index (χ3n) is 5.76. The van der Waals surface area contributed by atoms with Crippen LogP contribution in [0.2, 0.25) is 0 Å². The van der Waals surface area contributed by atoms with Crippen molar-refractivity contribution in [2.75, 3.05) is 7.05 Å². The predicted molar refractivity (Wildman–Crippen MR) is 113 cm³/mol. The summed E-state index contributed by atoms with van der Waals surface area (Å²) < 4.78 is 0. The first-order valence-electron chi connectivity index (χ1n) is 9.86. The van der Waals surface area contributed by atoms with E-state index >= 15 is 0 Å². The number of pyridine rings is 1. The number of nitrogens with zero attached hydrogens (tertiary/aromatic N) is 2. The maximum absolute atomic E-state index is 12.9. The fraction of sp³-hybridized carbons (Fsp3) is 0.333. The summed E-state index contributed by atoms with van der Waals surface area (Å²) in [6.07, 6.45) is 3.21. The molecule has 0 aliphatic carbocycles. The Labute approximate surface area is 166 Å². The van der Waals surface area contributed by atoms with Crippen molar-refractivity contribution in [1.82, 2.24) is 15.2 Å². The monoisotopic (exact) mass is 373 g/mol. The lowest BCUT2D eigenvalue weighted by Crippen LogP contribution is -2.46. The van der Waals surface area contributed by atoms with Gasteiger partial charge in [-0.15, -0.1) is 0 Å². The normalized spacial score (nSPS) is 17.3. The lowest BCUT2D eigenvalue weighted by molar-refractivity contribution is -0.124. The predicted octanol–water partition coefficient (Wildman–Crippen LogP) is 4.03. The zero-order valence-electron chi connectivity index (χ0n) is 16.8.